The zero-order valence-electron chi connectivity index (χ0n) is 15.1. The van der Waals surface area contributed by atoms with Gasteiger partial charge in [-0.2, -0.15) is 0 Å². The van der Waals surface area contributed by atoms with E-state index in [0.717, 1.165) is 0 Å². The molecular formula is C18H23N3O6. The Kier molecular flexibility index (Phi) is 6.51. The van der Waals surface area contributed by atoms with Crippen LogP contribution < -0.4 is 16.1 Å². The van der Waals surface area contributed by atoms with Crippen molar-refractivity contribution in [3.8, 4) is 0 Å². The number of carbonyl (C=O) groups excluding carboxylic acids is 3. The summed E-state index contributed by atoms with van der Waals surface area (Å²) in [7, 11) is 0. The van der Waals surface area contributed by atoms with E-state index in [1.807, 2.05) is 0 Å². The van der Waals surface area contributed by atoms with Crippen LogP contribution in [-0.4, -0.2) is 40.0 Å². The summed E-state index contributed by atoms with van der Waals surface area (Å²) < 4.78 is 0. The average molecular weight is 377 g/mol. The molecule has 27 heavy (non-hydrogen) atoms. The van der Waals surface area contributed by atoms with E-state index in [1.165, 1.54) is 5.48 Å². The fraction of sp³-hybridized carbons (Fsp3) is 0.444. The Hall–Kier alpha value is -2.94. The number of amides is 3. The zero-order valence-corrected chi connectivity index (χ0v) is 15.1. The molecule has 2 rings (SSSR count). The maximum atomic E-state index is 12.6. The van der Waals surface area contributed by atoms with Crippen molar-refractivity contribution >= 4 is 23.7 Å². The topological polar surface area (TPSA) is 145 Å². The van der Waals surface area contributed by atoms with Crippen LogP contribution in [0.5, 0.6) is 0 Å². The van der Waals surface area contributed by atoms with E-state index < -0.39 is 41.7 Å². The molecule has 1 aliphatic heterocycles. The molecule has 4 atom stereocenters. The maximum absolute atomic E-state index is 12.6. The van der Waals surface area contributed by atoms with E-state index in [2.05, 4.69) is 10.6 Å². The van der Waals surface area contributed by atoms with E-state index in [-0.39, 0.29) is 12.3 Å². The van der Waals surface area contributed by atoms with Crippen molar-refractivity contribution in [2.24, 2.45) is 11.8 Å². The summed E-state index contributed by atoms with van der Waals surface area (Å²) in [4.78, 5) is 48.5. The molecule has 1 aromatic rings. The van der Waals surface area contributed by atoms with Gasteiger partial charge >= 0.3 is 5.97 Å². The van der Waals surface area contributed by atoms with Crippen molar-refractivity contribution in [3.63, 3.8) is 0 Å². The van der Waals surface area contributed by atoms with E-state index >= 15 is 0 Å². The minimum Gasteiger partial charge on any atom is -0.479 e. The molecule has 0 radical (unpaired) electrons. The van der Waals surface area contributed by atoms with Gasteiger partial charge in [0.1, 0.15) is 12.0 Å². The first-order chi connectivity index (χ1) is 12.8. The number of nitrogens with one attached hydrogen (secondary N) is 3. The van der Waals surface area contributed by atoms with Gasteiger partial charge in [0, 0.05) is 6.42 Å². The molecule has 3 amide bonds. The molecule has 0 saturated heterocycles. The van der Waals surface area contributed by atoms with Crippen LogP contribution in [0.25, 0.3) is 0 Å². The largest absolute Gasteiger partial charge is 0.479 e. The van der Waals surface area contributed by atoms with Gasteiger partial charge in [-0.1, -0.05) is 44.5 Å². The van der Waals surface area contributed by atoms with Crippen LogP contribution in [0.1, 0.15) is 37.4 Å². The molecule has 0 saturated carbocycles. The highest BCUT2D eigenvalue weighted by molar-refractivity contribution is 6.02. The lowest BCUT2D eigenvalue weighted by Gasteiger charge is -2.23. The molecular weight excluding hydrogens is 354 g/mol. The van der Waals surface area contributed by atoms with E-state index in [9.17, 15) is 24.3 Å². The fourth-order valence-corrected chi connectivity index (χ4v) is 3.15. The normalized spacial score (nSPS) is 21.1. The van der Waals surface area contributed by atoms with Crippen LogP contribution in [-0.2, 0) is 25.6 Å². The van der Waals surface area contributed by atoms with Crippen LogP contribution in [0.3, 0.4) is 0 Å². The van der Waals surface area contributed by atoms with Crippen molar-refractivity contribution in [2.75, 3.05) is 0 Å². The number of hydrogen-bond acceptors (Lipinski definition) is 5. The molecule has 1 unspecified atom stereocenters. The monoisotopic (exact) mass is 377 g/mol. The first-order valence-electron chi connectivity index (χ1n) is 8.65. The second-order valence-corrected chi connectivity index (χ2v) is 6.58. The SMILES string of the molecule is CCC(C)[C@@H](C(=O)NO)C(=O)N[C@H]1Cc2ccccc2[C@H](C(=O)O)NC1=O. The predicted octanol–water partition coefficient (Wildman–Crippen LogP) is 0.137. The standard InChI is InChI=1S/C18H23N3O6/c1-3-9(2)13(17(24)21-27)16(23)19-12-8-10-6-4-5-7-11(10)14(18(25)26)20-15(12)22/h4-7,9,12-14,27H,3,8H2,1-2H3,(H,19,23)(H,20,22)(H,21,24)(H,25,26)/t9?,12-,13+,14+/m0/s1. The second kappa shape index (κ2) is 8.63. The Bertz CT molecular complexity index is 750. The summed E-state index contributed by atoms with van der Waals surface area (Å²) in [5.41, 5.74) is 2.54. The van der Waals surface area contributed by atoms with Crippen molar-refractivity contribution in [1.29, 1.82) is 0 Å². The molecule has 9 nitrogen and oxygen atoms in total. The van der Waals surface area contributed by atoms with Gasteiger partial charge in [-0.05, 0) is 17.0 Å². The molecule has 146 valence electrons. The molecule has 0 fully saturated rings. The van der Waals surface area contributed by atoms with Crippen LogP contribution in [0, 0.1) is 11.8 Å². The van der Waals surface area contributed by atoms with Crippen LogP contribution >= 0.6 is 0 Å². The van der Waals surface area contributed by atoms with Crippen molar-refractivity contribution < 1.29 is 29.5 Å². The third kappa shape index (κ3) is 4.43. The number of hydrogen-bond donors (Lipinski definition) is 5. The lowest BCUT2D eigenvalue weighted by atomic mass is 9.89. The molecule has 0 spiro atoms. The third-order valence-corrected chi connectivity index (χ3v) is 4.84. The lowest BCUT2D eigenvalue weighted by molar-refractivity contribution is -0.144. The van der Waals surface area contributed by atoms with E-state index in [0.29, 0.717) is 17.5 Å². The van der Waals surface area contributed by atoms with Gasteiger partial charge in [-0.3, -0.25) is 19.6 Å². The minimum absolute atomic E-state index is 0.0888. The Morgan fingerprint density at radius 3 is 2.52 bits per heavy atom. The van der Waals surface area contributed by atoms with Crippen LogP contribution in [0.2, 0.25) is 0 Å². The summed E-state index contributed by atoms with van der Waals surface area (Å²) in [5, 5.41) is 23.2. The molecule has 9 heteroatoms. The molecule has 0 bridgehead atoms. The number of benzene rings is 1. The highest BCUT2D eigenvalue weighted by atomic mass is 16.5. The van der Waals surface area contributed by atoms with Gasteiger partial charge in [0.2, 0.25) is 11.8 Å². The van der Waals surface area contributed by atoms with Gasteiger partial charge in [0.25, 0.3) is 5.91 Å². The molecule has 5 N–H and O–H groups in total. The van der Waals surface area contributed by atoms with Crippen molar-refractivity contribution in [3.05, 3.63) is 35.4 Å². The lowest BCUT2D eigenvalue weighted by Crippen LogP contribution is -2.52. The van der Waals surface area contributed by atoms with Gasteiger partial charge < -0.3 is 15.7 Å². The van der Waals surface area contributed by atoms with Gasteiger partial charge in [0.05, 0.1) is 0 Å². The molecule has 1 aliphatic rings. The molecule has 1 heterocycles. The van der Waals surface area contributed by atoms with Crippen LogP contribution in [0.4, 0.5) is 0 Å². The number of carbonyl (C=O) groups is 4. The molecule has 0 aliphatic carbocycles. The molecule has 0 aromatic heterocycles. The quantitative estimate of drug-likeness (QED) is 0.271. The minimum atomic E-state index is -1.22. The first-order valence-corrected chi connectivity index (χ1v) is 8.65. The van der Waals surface area contributed by atoms with Gasteiger partial charge in [0.15, 0.2) is 6.04 Å². The summed E-state index contributed by atoms with van der Waals surface area (Å²) in [6.45, 7) is 3.48. The number of carboxylic acid groups (broad SMARTS) is 1. The summed E-state index contributed by atoms with van der Waals surface area (Å²) in [6.07, 6.45) is 0.595. The summed E-state index contributed by atoms with van der Waals surface area (Å²) in [6, 6.07) is 4.43. The average Bonchev–Trinajstić information content (AvgIpc) is 2.78. The Morgan fingerprint density at radius 1 is 1.26 bits per heavy atom. The number of hydroxylamine groups is 1. The zero-order chi connectivity index (χ0) is 20.1. The highest BCUT2D eigenvalue weighted by Gasteiger charge is 2.37. The Labute approximate surface area is 156 Å². The smallest absolute Gasteiger partial charge is 0.330 e. The number of rotatable bonds is 6. The number of carboxylic acids is 1. The Balaban J connectivity index is 2.28. The number of fused-ring (bicyclic) bond motifs is 1. The van der Waals surface area contributed by atoms with Crippen LogP contribution in [0.15, 0.2) is 24.3 Å². The predicted molar refractivity (Wildman–Crippen MR) is 93.5 cm³/mol. The second-order valence-electron chi connectivity index (χ2n) is 6.58. The number of aliphatic carboxylic acids is 1. The third-order valence-electron chi connectivity index (χ3n) is 4.84. The van der Waals surface area contributed by atoms with Crippen molar-refractivity contribution in [1.82, 2.24) is 16.1 Å². The maximum Gasteiger partial charge on any atom is 0.330 e. The summed E-state index contributed by atoms with van der Waals surface area (Å²) in [5.74, 6) is -4.98. The van der Waals surface area contributed by atoms with Gasteiger partial charge in [-0.15, -0.1) is 0 Å². The molecule has 1 aromatic carbocycles. The Morgan fingerprint density at radius 2 is 1.93 bits per heavy atom. The fourth-order valence-electron chi connectivity index (χ4n) is 3.15. The van der Waals surface area contributed by atoms with Crippen molar-refractivity contribution in [2.45, 2.75) is 38.8 Å². The van der Waals surface area contributed by atoms with E-state index in [4.69, 9.17) is 5.21 Å². The highest BCUT2D eigenvalue weighted by Crippen LogP contribution is 2.24. The first kappa shape index (κ1) is 20.4. The van der Waals surface area contributed by atoms with Gasteiger partial charge in [-0.25, -0.2) is 10.3 Å². The summed E-state index contributed by atoms with van der Waals surface area (Å²) >= 11 is 0. The van der Waals surface area contributed by atoms with E-state index in [1.54, 1.807) is 38.1 Å².